The number of benzene rings is 2. The van der Waals surface area contributed by atoms with Gasteiger partial charge in [-0.25, -0.2) is 4.39 Å². The van der Waals surface area contributed by atoms with Gasteiger partial charge >= 0.3 is 0 Å². The van der Waals surface area contributed by atoms with Crippen molar-refractivity contribution in [1.29, 1.82) is 5.41 Å². The summed E-state index contributed by atoms with van der Waals surface area (Å²) in [4.78, 5) is 0. The first-order valence-electron chi connectivity index (χ1n) is 4.78. The molecule has 80 valence electrons. The van der Waals surface area contributed by atoms with Crippen molar-refractivity contribution < 1.29 is 4.39 Å². The highest BCUT2D eigenvalue weighted by Gasteiger charge is 2.11. The van der Waals surface area contributed by atoms with Gasteiger partial charge in [0.15, 0.2) is 0 Å². The molecule has 0 aromatic heterocycles. The fraction of sp³-hybridized carbons (Fsp3) is 0. The minimum absolute atomic E-state index is 0.194. The number of halogens is 2. The van der Waals surface area contributed by atoms with Crippen LogP contribution in [-0.2, 0) is 0 Å². The largest absolute Gasteiger partial charge is 0.300 e. The third kappa shape index (κ3) is 2.04. The normalized spacial score (nSPS) is 10.1. The van der Waals surface area contributed by atoms with Gasteiger partial charge in [-0.15, -0.1) is 0 Å². The molecule has 2 aromatic carbocycles. The Kier molecular flexibility index (Phi) is 3.15. The lowest BCUT2D eigenvalue weighted by Gasteiger charge is -2.06. The molecule has 0 aliphatic heterocycles. The van der Waals surface area contributed by atoms with Crippen molar-refractivity contribution in [3.63, 3.8) is 0 Å². The second kappa shape index (κ2) is 4.58. The summed E-state index contributed by atoms with van der Waals surface area (Å²) < 4.78 is 14.1. The fourth-order valence-corrected chi connectivity index (χ4v) is 1.82. The molecular weight excluding hydrogens is 269 g/mol. The van der Waals surface area contributed by atoms with E-state index < -0.39 is 5.82 Å². The Morgan fingerprint density at radius 1 is 1.00 bits per heavy atom. The van der Waals surface area contributed by atoms with E-state index in [2.05, 4.69) is 15.9 Å². The molecule has 0 fully saturated rings. The van der Waals surface area contributed by atoms with Gasteiger partial charge < -0.3 is 0 Å². The van der Waals surface area contributed by atoms with E-state index in [4.69, 9.17) is 5.41 Å². The van der Waals surface area contributed by atoms with E-state index >= 15 is 0 Å². The summed E-state index contributed by atoms with van der Waals surface area (Å²) in [6.45, 7) is 0. The quantitative estimate of drug-likeness (QED) is 0.803. The van der Waals surface area contributed by atoms with Crippen molar-refractivity contribution in [2.24, 2.45) is 0 Å². The molecule has 16 heavy (non-hydrogen) atoms. The van der Waals surface area contributed by atoms with Crippen LogP contribution in [0.3, 0.4) is 0 Å². The molecule has 0 aliphatic rings. The van der Waals surface area contributed by atoms with Crippen molar-refractivity contribution in [2.75, 3.05) is 0 Å². The molecule has 2 rings (SSSR count). The molecule has 1 N–H and O–H groups in total. The van der Waals surface area contributed by atoms with Gasteiger partial charge in [0.1, 0.15) is 5.82 Å². The van der Waals surface area contributed by atoms with E-state index in [1.165, 1.54) is 0 Å². The first-order valence-corrected chi connectivity index (χ1v) is 5.58. The zero-order valence-corrected chi connectivity index (χ0v) is 9.96. The zero-order chi connectivity index (χ0) is 11.5. The van der Waals surface area contributed by atoms with Crippen molar-refractivity contribution >= 4 is 21.6 Å². The van der Waals surface area contributed by atoms with Crippen LogP contribution in [0.2, 0.25) is 0 Å². The summed E-state index contributed by atoms with van der Waals surface area (Å²) in [5, 5.41) is 7.95. The number of rotatable bonds is 2. The molecule has 0 atom stereocenters. The van der Waals surface area contributed by atoms with Crippen molar-refractivity contribution in [2.45, 2.75) is 0 Å². The lowest BCUT2D eigenvalue weighted by Crippen LogP contribution is -2.04. The van der Waals surface area contributed by atoms with Crippen LogP contribution >= 0.6 is 15.9 Å². The lowest BCUT2D eigenvalue weighted by atomic mass is 10.0. The molecule has 0 unspecified atom stereocenters. The molecule has 0 aliphatic carbocycles. The minimum atomic E-state index is -0.392. The highest BCUT2D eigenvalue weighted by molar-refractivity contribution is 9.10. The predicted octanol–water partition coefficient (Wildman–Crippen LogP) is 4.00. The van der Waals surface area contributed by atoms with Crippen LogP contribution < -0.4 is 0 Å². The summed E-state index contributed by atoms with van der Waals surface area (Å²) in [5.74, 6) is -0.392. The van der Waals surface area contributed by atoms with E-state index in [9.17, 15) is 4.39 Å². The van der Waals surface area contributed by atoms with E-state index in [0.29, 0.717) is 15.6 Å². The third-order valence-corrected chi connectivity index (χ3v) is 2.90. The van der Waals surface area contributed by atoms with Gasteiger partial charge in [0.2, 0.25) is 0 Å². The molecular formula is C13H9BrFN. The maximum atomic E-state index is 13.8. The van der Waals surface area contributed by atoms with Gasteiger partial charge in [-0.2, -0.15) is 0 Å². The SMILES string of the molecule is N=C(c1ccccc1)c1cccc(Br)c1F. The Hall–Kier alpha value is -1.48. The Morgan fingerprint density at radius 3 is 2.38 bits per heavy atom. The van der Waals surface area contributed by atoms with Gasteiger partial charge in [-0.1, -0.05) is 36.4 Å². The monoisotopic (exact) mass is 277 g/mol. The second-order valence-electron chi connectivity index (χ2n) is 3.34. The first-order chi connectivity index (χ1) is 7.70. The average Bonchev–Trinajstić information content (AvgIpc) is 2.33. The first kappa shape index (κ1) is 11.0. The summed E-state index contributed by atoms with van der Waals surface area (Å²) in [6, 6.07) is 14.1. The van der Waals surface area contributed by atoms with Crippen molar-refractivity contribution in [1.82, 2.24) is 0 Å². The highest BCUT2D eigenvalue weighted by atomic mass is 79.9. The molecule has 0 bridgehead atoms. The van der Waals surface area contributed by atoms with Crippen LogP contribution in [0.15, 0.2) is 53.0 Å². The Morgan fingerprint density at radius 2 is 1.69 bits per heavy atom. The van der Waals surface area contributed by atoms with Gasteiger partial charge in [0, 0.05) is 11.1 Å². The summed E-state index contributed by atoms with van der Waals surface area (Å²) in [5.41, 5.74) is 1.21. The molecule has 1 nitrogen and oxygen atoms in total. The van der Waals surface area contributed by atoms with Gasteiger partial charge in [-0.3, -0.25) is 5.41 Å². The average molecular weight is 278 g/mol. The van der Waals surface area contributed by atoms with Crippen LogP contribution in [0, 0.1) is 11.2 Å². The molecule has 0 radical (unpaired) electrons. The summed E-state index contributed by atoms with van der Waals surface area (Å²) in [6.07, 6.45) is 0. The molecule has 2 aromatic rings. The number of hydrogen-bond donors (Lipinski definition) is 1. The third-order valence-electron chi connectivity index (χ3n) is 2.28. The Balaban J connectivity index is 2.46. The molecule has 3 heteroatoms. The highest BCUT2D eigenvalue weighted by Crippen LogP contribution is 2.20. The fourth-order valence-electron chi connectivity index (χ4n) is 1.46. The maximum Gasteiger partial charge on any atom is 0.146 e. The number of hydrogen-bond acceptors (Lipinski definition) is 1. The second-order valence-corrected chi connectivity index (χ2v) is 4.20. The van der Waals surface area contributed by atoms with Crippen LogP contribution in [0.25, 0.3) is 0 Å². The van der Waals surface area contributed by atoms with Gasteiger partial charge in [0.25, 0.3) is 0 Å². The van der Waals surface area contributed by atoms with Crippen LogP contribution in [0.4, 0.5) is 4.39 Å². The smallest absolute Gasteiger partial charge is 0.146 e. The molecule has 0 saturated heterocycles. The molecule has 0 spiro atoms. The Bertz CT molecular complexity index is 523. The molecule has 0 heterocycles. The van der Waals surface area contributed by atoms with Crippen LogP contribution in [0.5, 0.6) is 0 Å². The topological polar surface area (TPSA) is 23.9 Å². The maximum absolute atomic E-state index is 13.8. The molecule has 0 amide bonds. The Labute approximate surface area is 102 Å². The van der Waals surface area contributed by atoms with E-state index in [1.54, 1.807) is 30.3 Å². The standard InChI is InChI=1S/C13H9BrFN/c14-11-8-4-7-10(12(11)15)13(16)9-5-2-1-3-6-9/h1-8,16H. The number of nitrogens with one attached hydrogen (secondary N) is 1. The zero-order valence-electron chi connectivity index (χ0n) is 8.37. The summed E-state index contributed by atoms with van der Waals surface area (Å²) in [7, 11) is 0. The minimum Gasteiger partial charge on any atom is -0.300 e. The van der Waals surface area contributed by atoms with Gasteiger partial charge in [0.05, 0.1) is 10.2 Å². The summed E-state index contributed by atoms with van der Waals surface area (Å²) >= 11 is 3.12. The van der Waals surface area contributed by atoms with E-state index in [1.807, 2.05) is 18.2 Å². The van der Waals surface area contributed by atoms with Crippen LogP contribution in [-0.4, -0.2) is 5.71 Å². The van der Waals surface area contributed by atoms with Crippen molar-refractivity contribution in [3.8, 4) is 0 Å². The van der Waals surface area contributed by atoms with Crippen LogP contribution in [0.1, 0.15) is 11.1 Å². The van der Waals surface area contributed by atoms with Crippen molar-refractivity contribution in [3.05, 3.63) is 69.9 Å². The molecule has 0 saturated carbocycles. The van der Waals surface area contributed by atoms with E-state index in [0.717, 1.165) is 0 Å². The van der Waals surface area contributed by atoms with E-state index in [-0.39, 0.29) is 5.71 Å². The van der Waals surface area contributed by atoms with Gasteiger partial charge in [-0.05, 0) is 28.1 Å². The predicted molar refractivity (Wildman–Crippen MR) is 66.5 cm³/mol. The lowest BCUT2D eigenvalue weighted by molar-refractivity contribution is 0.618.